The Morgan fingerprint density at radius 2 is 1.97 bits per heavy atom. The first kappa shape index (κ1) is 21.4. The lowest BCUT2D eigenvalue weighted by Gasteiger charge is -2.10. The second-order valence-electron chi connectivity index (χ2n) is 7.69. The molecule has 0 atom stereocenters. The number of nitrogens with zero attached hydrogens (tertiary/aromatic N) is 5. The molecule has 1 aliphatic rings. The summed E-state index contributed by atoms with van der Waals surface area (Å²) < 4.78 is 56.6. The van der Waals surface area contributed by atoms with Crippen LogP contribution in [-0.4, -0.2) is 30.3 Å². The number of carbonyl (C=O) groups excluding carboxylic acids is 1. The molecule has 0 unspecified atom stereocenters. The molecule has 12 heteroatoms. The Labute approximate surface area is 189 Å². The molecule has 3 heterocycles. The molecular formula is C21H15ClF4N6O. The Morgan fingerprint density at radius 1 is 1.18 bits per heavy atom. The fourth-order valence-electron chi connectivity index (χ4n) is 3.44. The molecule has 0 saturated heterocycles. The molecule has 1 aliphatic carbocycles. The van der Waals surface area contributed by atoms with E-state index in [1.165, 1.54) is 35.1 Å². The summed E-state index contributed by atoms with van der Waals surface area (Å²) in [5.41, 5.74) is -0.714. The predicted molar refractivity (Wildman–Crippen MR) is 111 cm³/mol. The van der Waals surface area contributed by atoms with Gasteiger partial charge in [0.15, 0.2) is 17.2 Å². The summed E-state index contributed by atoms with van der Waals surface area (Å²) in [5, 5.41) is 10.7. The van der Waals surface area contributed by atoms with E-state index >= 15 is 0 Å². The first-order valence-corrected chi connectivity index (χ1v) is 10.3. The lowest BCUT2D eigenvalue weighted by molar-refractivity contribution is -0.142. The number of benzene rings is 1. The number of carbonyl (C=O) groups is 1. The Hall–Kier alpha value is -3.47. The second-order valence-corrected chi connectivity index (χ2v) is 8.10. The number of anilines is 1. The van der Waals surface area contributed by atoms with E-state index in [0.29, 0.717) is 10.2 Å². The van der Waals surface area contributed by atoms with Gasteiger partial charge in [-0.3, -0.25) is 9.48 Å². The maximum Gasteiger partial charge on any atom is 0.433 e. The van der Waals surface area contributed by atoms with Crippen molar-refractivity contribution in [3.8, 4) is 0 Å². The Balaban J connectivity index is 1.39. The van der Waals surface area contributed by atoms with Crippen molar-refractivity contribution in [3.05, 3.63) is 76.1 Å². The van der Waals surface area contributed by atoms with E-state index in [9.17, 15) is 22.4 Å². The third-order valence-electron chi connectivity index (χ3n) is 5.23. The largest absolute Gasteiger partial charge is 0.433 e. The van der Waals surface area contributed by atoms with Crippen LogP contribution in [0.4, 0.5) is 23.4 Å². The summed E-state index contributed by atoms with van der Waals surface area (Å²) in [4.78, 5) is 16.9. The van der Waals surface area contributed by atoms with Gasteiger partial charge in [0.2, 0.25) is 0 Å². The van der Waals surface area contributed by atoms with Crippen molar-refractivity contribution in [2.24, 2.45) is 0 Å². The zero-order chi connectivity index (χ0) is 23.3. The van der Waals surface area contributed by atoms with Gasteiger partial charge < -0.3 is 5.32 Å². The van der Waals surface area contributed by atoms with E-state index in [-0.39, 0.29) is 40.2 Å². The number of alkyl halides is 3. The number of nitrogens with one attached hydrogen (secondary N) is 1. The van der Waals surface area contributed by atoms with Crippen LogP contribution in [0, 0.1) is 5.82 Å². The predicted octanol–water partition coefficient (Wildman–Crippen LogP) is 4.92. The molecule has 1 fully saturated rings. The van der Waals surface area contributed by atoms with Crippen LogP contribution in [0.3, 0.4) is 0 Å². The molecule has 1 N–H and O–H groups in total. The first-order valence-electron chi connectivity index (χ1n) is 9.94. The van der Waals surface area contributed by atoms with Crippen molar-refractivity contribution in [1.82, 2.24) is 24.4 Å². The summed E-state index contributed by atoms with van der Waals surface area (Å²) in [6.45, 7) is 0.0263. The number of halogens is 5. The van der Waals surface area contributed by atoms with Gasteiger partial charge >= 0.3 is 6.18 Å². The molecule has 170 valence electrons. The highest BCUT2D eigenvalue weighted by Crippen LogP contribution is 2.41. The summed E-state index contributed by atoms with van der Waals surface area (Å²) >= 11 is 6.02. The van der Waals surface area contributed by atoms with Crippen LogP contribution in [0.5, 0.6) is 0 Å². The molecule has 1 saturated carbocycles. The summed E-state index contributed by atoms with van der Waals surface area (Å²) in [5.74, 6) is -1.13. The molecule has 7 nitrogen and oxygen atoms in total. The van der Waals surface area contributed by atoms with Crippen LogP contribution in [-0.2, 0) is 12.7 Å². The van der Waals surface area contributed by atoms with E-state index in [1.807, 2.05) is 0 Å². The van der Waals surface area contributed by atoms with E-state index in [4.69, 9.17) is 11.6 Å². The average molecular weight is 479 g/mol. The number of hydrogen-bond donors (Lipinski definition) is 1. The standard InChI is InChI=1S/C21H15ClF4N6O/c22-13-2-1-3-14(23)12(13)10-31-7-6-18(30-31)28-20(33)16-9-19-27-15(11-4-5-11)8-17(21(24,25)26)32(19)29-16/h1-3,6-9,11H,4-5,10H2,(H,28,30,33). The number of hydrogen-bond acceptors (Lipinski definition) is 4. The van der Waals surface area contributed by atoms with Crippen molar-refractivity contribution >= 4 is 29.0 Å². The Kier molecular flexibility index (Phi) is 5.08. The minimum absolute atomic E-state index is 0.00445. The van der Waals surface area contributed by atoms with E-state index < -0.39 is 23.6 Å². The van der Waals surface area contributed by atoms with Gasteiger partial charge in [-0.05, 0) is 31.0 Å². The number of rotatable bonds is 5. The van der Waals surface area contributed by atoms with Crippen LogP contribution < -0.4 is 5.32 Å². The molecule has 0 radical (unpaired) electrons. The highest BCUT2D eigenvalue weighted by molar-refractivity contribution is 6.31. The lowest BCUT2D eigenvalue weighted by atomic mass is 10.2. The van der Waals surface area contributed by atoms with E-state index in [1.54, 1.807) is 6.07 Å². The van der Waals surface area contributed by atoms with Crippen molar-refractivity contribution in [2.45, 2.75) is 31.5 Å². The van der Waals surface area contributed by atoms with Crippen LogP contribution in [0.15, 0.2) is 42.6 Å². The Morgan fingerprint density at radius 3 is 2.67 bits per heavy atom. The highest BCUT2D eigenvalue weighted by Gasteiger charge is 2.37. The molecular weight excluding hydrogens is 464 g/mol. The quantitative estimate of drug-likeness (QED) is 0.413. The number of fused-ring (bicyclic) bond motifs is 1. The summed E-state index contributed by atoms with van der Waals surface area (Å²) in [6, 6.07) is 7.95. The second kappa shape index (κ2) is 7.84. The van der Waals surface area contributed by atoms with Crippen LogP contribution in [0.25, 0.3) is 5.65 Å². The van der Waals surface area contributed by atoms with Gasteiger partial charge in [0.1, 0.15) is 11.5 Å². The van der Waals surface area contributed by atoms with Crippen LogP contribution in [0.1, 0.15) is 46.2 Å². The molecule has 33 heavy (non-hydrogen) atoms. The molecule has 0 bridgehead atoms. The van der Waals surface area contributed by atoms with Gasteiger partial charge in [-0.2, -0.15) is 23.4 Å². The van der Waals surface area contributed by atoms with Crippen LogP contribution >= 0.6 is 11.6 Å². The van der Waals surface area contributed by atoms with Gasteiger partial charge in [0.05, 0.1) is 6.54 Å². The minimum Gasteiger partial charge on any atom is -0.304 e. The minimum atomic E-state index is -4.66. The fraction of sp³-hybridized carbons (Fsp3) is 0.238. The first-order chi connectivity index (χ1) is 15.7. The Bertz CT molecular complexity index is 1350. The topological polar surface area (TPSA) is 77.1 Å². The molecule has 3 aromatic heterocycles. The molecule has 1 aromatic carbocycles. The fourth-order valence-corrected chi connectivity index (χ4v) is 3.66. The normalized spacial score (nSPS) is 14.1. The highest BCUT2D eigenvalue weighted by atomic mass is 35.5. The molecule has 1 amide bonds. The van der Waals surface area contributed by atoms with Crippen molar-refractivity contribution in [3.63, 3.8) is 0 Å². The zero-order valence-electron chi connectivity index (χ0n) is 16.8. The lowest BCUT2D eigenvalue weighted by Crippen LogP contribution is -2.16. The van der Waals surface area contributed by atoms with Crippen molar-refractivity contribution in [2.75, 3.05) is 5.32 Å². The van der Waals surface area contributed by atoms with Gasteiger partial charge in [-0.25, -0.2) is 13.9 Å². The number of amides is 1. The third kappa shape index (κ3) is 4.28. The molecule has 4 aromatic rings. The van der Waals surface area contributed by atoms with E-state index in [0.717, 1.165) is 18.9 Å². The molecule has 0 aliphatic heterocycles. The zero-order valence-corrected chi connectivity index (χ0v) is 17.5. The van der Waals surface area contributed by atoms with Gasteiger partial charge in [-0.1, -0.05) is 17.7 Å². The van der Waals surface area contributed by atoms with Crippen molar-refractivity contribution in [1.29, 1.82) is 0 Å². The van der Waals surface area contributed by atoms with Crippen molar-refractivity contribution < 1.29 is 22.4 Å². The summed E-state index contributed by atoms with van der Waals surface area (Å²) in [7, 11) is 0. The smallest absolute Gasteiger partial charge is 0.304 e. The maximum atomic E-state index is 14.0. The summed E-state index contributed by atoms with van der Waals surface area (Å²) in [6.07, 6.45) is -1.59. The van der Waals surface area contributed by atoms with Gasteiger partial charge in [0.25, 0.3) is 5.91 Å². The van der Waals surface area contributed by atoms with E-state index in [2.05, 4.69) is 20.5 Å². The maximum absolute atomic E-state index is 14.0. The third-order valence-corrected chi connectivity index (χ3v) is 5.58. The monoisotopic (exact) mass is 478 g/mol. The number of aromatic nitrogens is 5. The van der Waals surface area contributed by atoms with Crippen LogP contribution in [0.2, 0.25) is 5.02 Å². The van der Waals surface area contributed by atoms with Gasteiger partial charge in [0, 0.05) is 40.5 Å². The molecule has 0 spiro atoms. The average Bonchev–Trinajstić information content (AvgIpc) is 3.36. The SMILES string of the molecule is O=C(Nc1ccn(Cc2c(F)cccc2Cl)n1)c1cc2nc(C3CC3)cc(C(F)(F)F)n2n1. The van der Waals surface area contributed by atoms with Gasteiger partial charge in [-0.15, -0.1) is 0 Å². The molecule has 5 rings (SSSR count).